The van der Waals surface area contributed by atoms with Crippen LogP contribution in [-0.4, -0.2) is 41.1 Å². The van der Waals surface area contributed by atoms with E-state index in [9.17, 15) is 4.79 Å². The molecule has 4 heteroatoms. The number of hydrogen-bond acceptors (Lipinski definition) is 3. The van der Waals surface area contributed by atoms with Crippen LogP contribution >= 0.6 is 0 Å². The monoisotopic (exact) mass is 184 g/mol. The maximum Gasteiger partial charge on any atom is 0.304 e. The number of carbonyl (C=O) groups is 1. The Hall–Kier alpha value is -0.610. The van der Waals surface area contributed by atoms with Crippen LogP contribution in [0.15, 0.2) is 0 Å². The van der Waals surface area contributed by atoms with Crippen molar-refractivity contribution in [2.75, 3.05) is 19.6 Å². The summed E-state index contributed by atoms with van der Waals surface area (Å²) in [4.78, 5) is 12.5. The minimum Gasteiger partial charge on any atom is -0.481 e. The summed E-state index contributed by atoms with van der Waals surface area (Å²) in [5.41, 5.74) is 6.15. The molecule has 0 spiro atoms. The Morgan fingerprint density at radius 1 is 1.54 bits per heavy atom. The molecule has 0 atom stereocenters. The molecule has 0 unspecified atom stereocenters. The molecule has 74 valence electrons. The van der Waals surface area contributed by atoms with Crippen molar-refractivity contribution in [3.8, 4) is 0 Å². The molecule has 4 nitrogen and oxygen atoms in total. The summed E-state index contributed by atoms with van der Waals surface area (Å²) < 4.78 is 0. The maximum atomic E-state index is 10.3. The van der Waals surface area contributed by atoms with E-state index < -0.39 is 5.97 Å². The van der Waals surface area contributed by atoms with Gasteiger partial charge in [0, 0.05) is 31.1 Å². The number of likely N-dealkylation sites (tertiary alicyclic amines) is 1. The van der Waals surface area contributed by atoms with Gasteiger partial charge in [-0.1, -0.05) is 0 Å². The van der Waals surface area contributed by atoms with E-state index in [0.717, 1.165) is 25.9 Å². The lowest BCUT2D eigenvalue weighted by atomic mass is 9.90. The minimum absolute atomic E-state index is 0.125. The van der Waals surface area contributed by atoms with E-state index in [0.29, 0.717) is 12.5 Å². The summed E-state index contributed by atoms with van der Waals surface area (Å²) in [6.07, 6.45) is 2.57. The highest BCUT2D eigenvalue weighted by Gasteiger charge is 2.50. The third kappa shape index (κ3) is 1.84. The Morgan fingerprint density at radius 3 is 2.62 bits per heavy atom. The van der Waals surface area contributed by atoms with E-state index in [-0.39, 0.29) is 12.0 Å². The second kappa shape index (κ2) is 2.96. The summed E-state index contributed by atoms with van der Waals surface area (Å²) in [6.45, 7) is 2.69. The van der Waals surface area contributed by atoms with Crippen LogP contribution in [0.1, 0.15) is 19.3 Å². The molecule has 1 aliphatic carbocycles. The molecular formula is C9H16N2O2. The van der Waals surface area contributed by atoms with Crippen LogP contribution < -0.4 is 5.73 Å². The van der Waals surface area contributed by atoms with Crippen LogP contribution in [0.5, 0.6) is 0 Å². The number of rotatable bonds is 4. The molecule has 0 aromatic rings. The molecule has 0 radical (unpaired) electrons. The summed E-state index contributed by atoms with van der Waals surface area (Å²) in [6, 6.07) is 0. The normalized spacial score (nSPS) is 26.8. The zero-order chi connectivity index (χ0) is 9.47. The molecule has 1 saturated carbocycles. The van der Waals surface area contributed by atoms with Gasteiger partial charge in [-0.3, -0.25) is 4.79 Å². The van der Waals surface area contributed by atoms with E-state index in [1.165, 1.54) is 0 Å². The Morgan fingerprint density at radius 2 is 2.15 bits per heavy atom. The third-order valence-electron chi connectivity index (χ3n) is 3.24. The van der Waals surface area contributed by atoms with Gasteiger partial charge < -0.3 is 15.7 Å². The van der Waals surface area contributed by atoms with E-state index in [1.54, 1.807) is 0 Å². The average Bonchev–Trinajstić information content (AvgIpc) is 2.64. The molecule has 1 heterocycles. The van der Waals surface area contributed by atoms with Gasteiger partial charge in [-0.2, -0.15) is 0 Å². The van der Waals surface area contributed by atoms with Gasteiger partial charge >= 0.3 is 5.97 Å². The number of hydrogen-bond donors (Lipinski definition) is 2. The summed E-state index contributed by atoms with van der Waals surface area (Å²) in [7, 11) is 0. The van der Waals surface area contributed by atoms with Gasteiger partial charge in [0.1, 0.15) is 0 Å². The van der Waals surface area contributed by atoms with Gasteiger partial charge in [-0.25, -0.2) is 0 Å². The molecule has 0 aromatic carbocycles. The Balaban J connectivity index is 1.64. The lowest BCUT2D eigenvalue weighted by Gasteiger charge is -2.42. The van der Waals surface area contributed by atoms with Crippen LogP contribution in [0.4, 0.5) is 0 Å². The number of nitrogens with zero attached hydrogens (tertiary/aromatic N) is 1. The molecule has 3 N–H and O–H groups in total. The smallest absolute Gasteiger partial charge is 0.304 e. The van der Waals surface area contributed by atoms with Gasteiger partial charge in [0.15, 0.2) is 0 Å². The number of carboxylic acids is 1. The first-order valence-electron chi connectivity index (χ1n) is 4.83. The molecule has 13 heavy (non-hydrogen) atoms. The second-order valence-corrected chi connectivity index (χ2v) is 4.33. The number of nitrogens with two attached hydrogens (primary N) is 1. The average molecular weight is 184 g/mol. The summed E-state index contributed by atoms with van der Waals surface area (Å²) in [5.74, 6) is -0.0846. The topological polar surface area (TPSA) is 66.6 Å². The highest BCUT2D eigenvalue weighted by molar-refractivity contribution is 5.66. The fraction of sp³-hybridized carbons (Fsp3) is 0.889. The van der Waals surface area contributed by atoms with E-state index in [4.69, 9.17) is 10.8 Å². The van der Waals surface area contributed by atoms with Gasteiger partial charge in [-0.05, 0) is 12.8 Å². The lowest BCUT2D eigenvalue weighted by molar-refractivity contribution is -0.137. The van der Waals surface area contributed by atoms with Gasteiger partial charge in [-0.15, -0.1) is 0 Å². The molecule has 2 fully saturated rings. The van der Waals surface area contributed by atoms with E-state index >= 15 is 0 Å². The van der Waals surface area contributed by atoms with Crippen molar-refractivity contribution in [3.05, 3.63) is 0 Å². The summed E-state index contributed by atoms with van der Waals surface area (Å²) >= 11 is 0. The SMILES string of the molecule is NC1(C2CN(CCC(=O)O)C2)CC1. The first-order chi connectivity index (χ1) is 6.10. The standard InChI is InChI=1S/C9H16N2O2/c10-9(2-3-9)7-5-11(6-7)4-1-8(12)13/h7H,1-6,10H2,(H,12,13). The molecule has 1 aliphatic heterocycles. The Kier molecular flexibility index (Phi) is 2.04. The quantitative estimate of drug-likeness (QED) is 0.639. The van der Waals surface area contributed by atoms with Crippen molar-refractivity contribution in [1.29, 1.82) is 0 Å². The molecule has 0 bridgehead atoms. The minimum atomic E-state index is -0.711. The predicted molar refractivity (Wildman–Crippen MR) is 48.3 cm³/mol. The zero-order valence-electron chi connectivity index (χ0n) is 7.70. The maximum absolute atomic E-state index is 10.3. The van der Waals surface area contributed by atoms with Crippen molar-refractivity contribution in [2.24, 2.45) is 11.7 Å². The molecule has 1 saturated heterocycles. The van der Waals surface area contributed by atoms with Crippen LogP contribution in [-0.2, 0) is 4.79 Å². The Bertz CT molecular complexity index is 220. The summed E-state index contributed by atoms with van der Waals surface area (Å²) in [5, 5.41) is 8.47. The van der Waals surface area contributed by atoms with Gasteiger partial charge in [0.2, 0.25) is 0 Å². The van der Waals surface area contributed by atoms with Crippen molar-refractivity contribution in [1.82, 2.24) is 4.90 Å². The molecular weight excluding hydrogens is 168 g/mol. The van der Waals surface area contributed by atoms with Crippen LogP contribution in [0.3, 0.4) is 0 Å². The number of carboxylic acid groups (broad SMARTS) is 1. The van der Waals surface area contributed by atoms with E-state index in [2.05, 4.69) is 4.90 Å². The molecule has 0 aromatic heterocycles. The molecule has 2 aliphatic rings. The number of aliphatic carboxylic acids is 1. The fourth-order valence-electron chi connectivity index (χ4n) is 1.92. The highest BCUT2D eigenvalue weighted by atomic mass is 16.4. The molecule has 2 rings (SSSR count). The lowest BCUT2D eigenvalue weighted by Crippen LogP contribution is -2.56. The van der Waals surface area contributed by atoms with Crippen LogP contribution in [0.25, 0.3) is 0 Å². The first kappa shape index (κ1) is 8.97. The van der Waals surface area contributed by atoms with Crippen molar-refractivity contribution in [2.45, 2.75) is 24.8 Å². The zero-order valence-corrected chi connectivity index (χ0v) is 7.70. The highest BCUT2D eigenvalue weighted by Crippen LogP contribution is 2.43. The van der Waals surface area contributed by atoms with Gasteiger partial charge in [0.25, 0.3) is 0 Å². The molecule has 0 amide bonds. The van der Waals surface area contributed by atoms with Gasteiger partial charge in [0.05, 0.1) is 6.42 Å². The van der Waals surface area contributed by atoms with Crippen LogP contribution in [0.2, 0.25) is 0 Å². The van der Waals surface area contributed by atoms with Crippen LogP contribution in [0, 0.1) is 5.92 Å². The van der Waals surface area contributed by atoms with Crippen molar-refractivity contribution >= 4 is 5.97 Å². The Labute approximate surface area is 77.7 Å². The second-order valence-electron chi connectivity index (χ2n) is 4.33. The third-order valence-corrected chi connectivity index (χ3v) is 3.24. The van der Waals surface area contributed by atoms with Crippen molar-refractivity contribution in [3.63, 3.8) is 0 Å². The first-order valence-corrected chi connectivity index (χ1v) is 4.83. The van der Waals surface area contributed by atoms with Crippen molar-refractivity contribution < 1.29 is 9.90 Å². The fourth-order valence-corrected chi connectivity index (χ4v) is 1.92. The predicted octanol–water partition coefficient (Wildman–Crippen LogP) is -0.116. The van der Waals surface area contributed by atoms with E-state index in [1.807, 2.05) is 0 Å². The largest absolute Gasteiger partial charge is 0.481 e.